The fourth-order valence-electron chi connectivity index (χ4n) is 2.32. The van der Waals surface area contributed by atoms with Crippen LogP contribution in [0.25, 0.3) is 0 Å². The number of methoxy groups -OCH3 is 1. The standard InChI is InChI=1S/C15H22N2O7/c1-7-5-17(15(21)16-13(7)20)14-12(11(19)10(6-18)24-14)23-9(3)8(2)22-4/h5,8-9,12,14,18-19H,6H2,1-4H3,(H,16,20,21)/t8-,9-,12?,14-/m1/s1. The number of aryl methyl sites for hydroxylation is 1. The molecule has 0 spiro atoms. The predicted molar refractivity (Wildman–Crippen MR) is 83.7 cm³/mol. The summed E-state index contributed by atoms with van der Waals surface area (Å²) in [4.78, 5) is 25.8. The van der Waals surface area contributed by atoms with Gasteiger partial charge in [0.25, 0.3) is 5.56 Å². The largest absolute Gasteiger partial charge is 0.506 e. The molecule has 1 aromatic rings. The monoisotopic (exact) mass is 342 g/mol. The summed E-state index contributed by atoms with van der Waals surface area (Å²) in [5.41, 5.74) is -0.913. The number of nitrogens with zero attached hydrogens (tertiary/aromatic N) is 1. The lowest BCUT2D eigenvalue weighted by Crippen LogP contribution is -2.40. The van der Waals surface area contributed by atoms with Gasteiger partial charge in [-0.25, -0.2) is 4.79 Å². The highest BCUT2D eigenvalue weighted by molar-refractivity contribution is 5.15. The van der Waals surface area contributed by atoms with Crippen molar-refractivity contribution in [3.8, 4) is 0 Å². The Hall–Kier alpha value is -2.10. The van der Waals surface area contributed by atoms with Crippen LogP contribution in [0.15, 0.2) is 27.3 Å². The molecule has 1 unspecified atom stereocenters. The van der Waals surface area contributed by atoms with Gasteiger partial charge in [0.1, 0.15) is 6.61 Å². The zero-order chi connectivity index (χ0) is 18.0. The molecule has 24 heavy (non-hydrogen) atoms. The number of hydrogen-bond donors (Lipinski definition) is 3. The van der Waals surface area contributed by atoms with Gasteiger partial charge >= 0.3 is 5.69 Å². The molecule has 0 amide bonds. The van der Waals surface area contributed by atoms with Gasteiger partial charge in [-0.1, -0.05) is 0 Å². The van der Waals surface area contributed by atoms with Crippen LogP contribution in [0.2, 0.25) is 0 Å². The summed E-state index contributed by atoms with van der Waals surface area (Å²) < 4.78 is 17.5. The van der Waals surface area contributed by atoms with Crippen molar-refractivity contribution in [3.05, 3.63) is 44.1 Å². The first-order valence-corrected chi connectivity index (χ1v) is 7.50. The number of rotatable bonds is 6. The third kappa shape index (κ3) is 3.37. The van der Waals surface area contributed by atoms with Crippen molar-refractivity contribution in [2.45, 2.75) is 45.3 Å². The summed E-state index contributed by atoms with van der Waals surface area (Å²) in [5.74, 6) is -0.383. The van der Waals surface area contributed by atoms with Gasteiger partial charge in [0.2, 0.25) is 6.23 Å². The highest BCUT2D eigenvalue weighted by Gasteiger charge is 2.41. The van der Waals surface area contributed by atoms with Gasteiger partial charge in [-0.3, -0.25) is 14.3 Å². The van der Waals surface area contributed by atoms with Gasteiger partial charge in [-0.05, 0) is 20.8 Å². The number of H-pyrrole nitrogens is 1. The molecule has 0 aliphatic carbocycles. The minimum Gasteiger partial charge on any atom is -0.506 e. The van der Waals surface area contributed by atoms with E-state index in [9.17, 15) is 19.8 Å². The average Bonchev–Trinajstić information content (AvgIpc) is 2.86. The fraction of sp³-hybridized carbons (Fsp3) is 0.600. The first-order chi connectivity index (χ1) is 11.3. The second-order valence-corrected chi connectivity index (χ2v) is 5.66. The Kier molecular flexibility index (Phi) is 5.47. The Morgan fingerprint density at radius 3 is 2.62 bits per heavy atom. The van der Waals surface area contributed by atoms with E-state index < -0.39 is 36.3 Å². The molecule has 3 N–H and O–H groups in total. The summed E-state index contributed by atoms with van der Waals surface area (Å²) in [5, 5.41) is 19.5. The first kappa shape index (κ1) is 18.2. The van der Waals surface area contributed by atoms with Crippen molar-refractivity contribution in [1.82, 2.24) is 9.55 Å². The molecule has 0 bridgehead atoms. The Morgan fingerprint density at radius 2 is 2.04 bits per heavy atom. The molecule has 1 aromatic heterocycles. The van der Waals surface area contributed by atoms with Crippen LogP contribution < -0.4 is 11.2 Å². The zero-order valence-corrected chi connectivity index (χ0v) is 14.0. The van der Waals surface area contributed by atoms with Crippen LogP contribution in [0, 0.1) is 6.92 Å². The van der Waals surface area contributed by atoms with E-state index in [4.69, 9.17) is 14.2 Å². The Morgan fingerprint density at radius 1 is 1.38 bits per heavy atom. The number of aliphatic hydroxyl groups excluding tert-OH is 2. The Labute approximate surface area is 138 Å². The summed E-state index contributed by atoms with van der Waals surface area (Å²) in [6.07, 6.45) is -1.46. The van der Waals surface area contributed by atoms with E-state index in [0.29, 0.717) is 5.56 Å². The Bertz CT molecular complexity index is 736. The molecule has 0 fully saturated rings. The third-order valence-corrected chi connectivity index (χ3v) is 4.03. The highest BCUT2D eigenvalue weighted by Crippen LogP contribution is 2.33. The fourth-order valence-corrected chi connectivity index (χ4v) is 2.32. The van der Waals surface area contributed by atoms with Crippen LogP contribution in [-0.4, -0.2) is 51.8 Å². The second kappa shape index (κ2) is 7.20. The van der Waals surface area contributed by atoms with E-state index in [1.807, 2.05) is 0 Å². The van der Waals surface area contributed by atoms with Crippen molar-refractivity contribution in [3.63, 3.8) is 0 Å². The van der Waals surface area contributed by atoms with E-state index in [0.717, 1.165) is 4.57 Å². The Balaban J connectivity index is 2.40. The molecule has 1 aliphatic rings. The quantitative estimate of drug-likeness (QED) is 0.662. The van der Waals surface area contributed by atoms with E-state index >= 15 is 0 Å². The van der Waals surface area contributed by atoms with Gasteiger partial charge in [-0.2, -0.15) is 0 Å². The lowest BCUT2D eigenvalue weighted by Gasteiger charge is -2.27. The summed E-state index contributed by atoms with van der Waals surface area (Å²) in [6.45, 7) is 4.53. The number of nitrogens with one attached hydrogen (secondary N) is 1. The van der Waals surface area contributed by atoms with Gasteiger partial charge in [-0.15, -0.1) is 0 Å². The number of hydrogen-bond acceptors (Lipinski definition) is 7. The molecule has 0 radical (unpaired) electrons. The molecule has 2 rings (SSSR count). The van der Waals surface area contributed by atoms with Crippen LogP contribution in [0.3, 0.4) is 0 Å². The van der Waals surface area contributed by atoms with Crippen molar-refractivity contribution in [1.29, 1.82) is 0 Å². The minimum absolute atomic E-state index is 0.0852. The molecule has 4 atom stereocenters. The van der Waals surface area contributed by atoms with Crippen LogP contribution >= 0.6 is 0 Å². The van der Waals surface area contributed by atoms with Gasteiger partial charge in [0.15, 0.2) is 17.6 Å². The van der Waals surface area contributed by atoms with E-state index in [1.165, 1.54) is 20.2 Å². The van der Waals surface area contributed by atoms with Gasteiger partial charge in [0.05, 0.1) is 12.2 Å². The molecule has 9 nitrogen and oxygen atoms in total. The lowest BCUT2D eigenvalue weighted by atomic mass is 10.2. The summed E-state index contributed by atoms with van der Waals surface area (Å²) >= 11 is 0. The molecule has 0 aromatic carbocycles. The maximum atomic E-state index is 12.1. The predicted octanol–water partition coefficient (Wildman–Crippen LogP) is -0.0557. The number of aromatic amines is 1. The van der Waals surface area contributed by atoms with Crippen molar-refractivity contribution < 1.29 is 24.4 Å². The average molecular weight is 342 g/mol. The maximum absolute atomic E-state index is 12.1. The zero-order valence-electron chi connectivity index (χ0n) is 14.0. The van der Waals surface area contributed by atoms with Crippen LogP contribution in [0.5, 0.6) is 0 Å². The van der Waals surface area contributed by atoms with E-state index in [1.54, 1.807) is 13.8 Å². The molecular weight excluding hydrogens is 320 g/mol. The SMILES string of the molecule is CO[C@H](C)[C@@H](C)OC1C(O)=C(CO)O[C@H]1n1cc(C)c(=O)[nH]c1=O. The number of ether oxygens (including phenoxy) is 3. The second-order valence-electron chi connectivity index (χ2n) is 5.66. The number of aliphatic hydroxyl groups is 2. The maximum Gasteiger partial charge on any atom is 0.331 e. The molecule has 0 saturated carbocycles. The van der Waals surface area contributed by atoms with Gasteiger partial charge in [0, 0.05) is 18.9 Å². The summed E-state index contributed by atoms with van der Waals surface area (Å²) in [6, 6.07) is 0. The first-order valence-electron chi connectivity index (χ1n) is 7.50. The molecular formula is C15H22N2O7. The number of aromatic nitrogens is 2. The molecule has 9 heteroatoms. The van der Waals surface area contributed by atoms with Crippen LogP contribution in [-0.2, 0) is 14.2 Å². The van der Waals surface area contributed by atoms with Crippen molar-refractivity contribution in [2.75, 3.05) is 13.7 Å². The molecule has 2 heterocycles. The van der Waals surface area contributed by atoms with E-state index in [2.05, 4.69) is 4.98 Å². The highest BCUT2D eigenvalue weighted by atomic mass is 16.6. The lowest BCUT2D eigenvalue weighted by molar-refractivity contribution is -0.117. The smallest absolute Gasteiger partial charge is 0.331 e. The third-order valence-electron chi connectivity index (χ3n) is 4.03. The van der Waals surface area contributed by atoms with Crippen molar-refractivity contribution >= 4 is 0 Å². The van der Waals surface area contributed by atoms with Crippen LogP contribution in [0.1, 0.15) is 25.6 Å². The van der Waals surface area contributed by atoms with Crippen molar-refractivity contribution in [2.24, 2.45) is 0 Å². The van der Waals surface area contributed by atoms with Crippen LogP contribution in [0.4, 0.5) is 0 Å². The molecule has 1 aliphatic heterocycles. The normalized spacial score (nSPS) is 23.2. The topological polar surface area (TPSA) is 123 Å². The summed E-state index contributed by atoms with van der Waals surface area (Å²) in [7, 11) is 1.53. The molecule has 0 saturated heterocycles. The minimum atomic E-state index is -1.05. The van der Waals surface area contributed by atoms with E-state index in [-0.39, 0.29) is 17.6 Å². The molecule has 134 valence electrons. The van der Waals surface area contributed by atoms with Gasteiger partial charge < -0.3 is 24.4 Å².